The maximum absolute atomic E-state index is 12.4. The van der Waals surface area contributed by atoms with Gasteiger partial charge in [-0.3, -0.25) is 14.4 Å². The lowest BCUT2D eigenvalue weighted by molar-refractivity contribution is -0.174. The molecule has 0 heterocycles. The van der Waals surface area contributed by atoms with Gasteiger partial charge in [-0.2, -0.15) is 0 Å². The van der Waals surface area contributed by atoms with Crippen LogP contribution in [-0.4, -0.2) is 90.4 Å². The zero-order valence-corrected chi connectivity index (χ0v) is 32.0. The Morgan fingerprint density at radius 1 is 0.628 bits per heavy atom. The molecule has 0 fully saturated rings. The van der Waals surface area contributed by atoms with Crippen LogP contribution in [0.3, 0.4) is 0 Å². The van der Waals surface area contributed by atoms with Crippen LogP contribution >= 0.6 is 0 Å². The summed E-state index contributed by atoms with van der Waals surface area (Å²) in [5, 5.41) is 0. The van der Waals surface area contributed by atoms with Crippen LogP contribution in [0.5, 0.6) is 0 Å². The summed E-state index contributed by atoms with van der Waals surface area (Å²) in [5.74, 6) is -1.70. The average Bonchev–Trinajstić information content (AvgIpc) is 2.80. The minimum atomic E-state index is -3.63. The molecule has 0 aromatic carbocycles. The van der Waals surface area contributed by atoms with E-state index < -0.39 is 46.0 Å². The highest BCUT2D eigenvalue weighted by molar-refractivity contribution is 6.90. The van der Waals surface area contributed by atoms with Crippen molar-refractivity contribution in [2.75, 3.05) is 26.4 Å². The van der Waals surface area contributed by atoms with Gasteiger partial charge in [0.25, 0.3) is 0 Å². The van der Waals surface area contributed by atoms with Gasteiger partial charge in [0, 0.05) is 45.4 Å². The summed E-state index contributed by atoms with van der Waals surface area (Å²) in [6.07, 6.45) is -0.657. The van der Waals surface area contributed by atoms with Crippen LogP contribution < -0.4 is 0 Å². The second kappa shape index (κ2) is 19.0. The lowest BCUT2D eigenvalue weighted by Crippen LogP contribution is -2.62. The largest absolute Gasteiger partial charge is 0.469 e. The molecular formula is C27H54O12Si4. The third-order valence-electron chi connectivity index (χ3n) is 5.95. The molecule has 0 aromatic heterocycles. The van der Waals surface area contributed by atoms with E-state index in [1.807, 2.05) is 39.3 Å². The van der Waals surface area contributed by atoms with Crippen LogP contribution in [0.15, 0.2) is 12.2 Å². The van der Waals surface area contributed by atoms with Crippen molar-refractivity contribution in [3.63, 3.8) is 0 Å². The lowest BCUT2D eigenvalue weighted by Gasteiger charge is -2.45. The van der Waals surface area contributed by atoms with Crippen LogP contribution in [0.4, 0.5) is 0 Å². The zero-order valence-electron chi connectivity index (χ0n) is 28.0. The molecule has 0 saturated heterocycles. The summed E-state index contributed by atoms with van der Waals surface area (Å²) in [5.41, 5.74) is 0.244. The van der Waals surface area contributed by atoms with Gasteiger partial charge >= 0.3 is 32.7 Å². The molecule has 1 atom stereocenters. The molecule has 0 N–H and O–H groups in total. The topological polar surface area (TPSA) is 142 Å². The van der Waals surface area contributed by atoms with Gasteiger partial charge in [-0.05, 0) is 71.3 Å². The van der Waals surface area contributed by atoms with Crippen LogP contribution in [0.2, 0.25) is 63.5 Å². The monoisotopic (exact) mass is 682 g/mol. The number of carbonyl (C=O) groups is 4. The Labute approximate surface area is 261 Å². The van der Waals surface area contributed by atoms with Gasteiger partial charge in [-0.1, -0.05) is 6.58 Å². The number of hydrogen-bond donors (Lipinski definition) is 0. The smallest absolute Gasteiger partial charge is 0.466 e. The van der Waals surface area contributed by atoms with Gasteiger partial charge in [-0.15, -0.1) is 0 Å². The molecule has 1 unspecified atom stereocenters. The number of esters is 4. The number of carbonyl (C=O) groups excluding carboxylic acids is 4. The van der Waals surface area contributed by atoms with Crippen LogP contribution in [0.1, 0.15) is 41.0 Å². The first-order valence-electron chi connectivity index (χ1n) is 14.6. The SMILES string of the molecule is C=C(C)C(=O)OC(CC[Si](O[Si](C)(C)CCOC(C)=O)(O[Si](C)(C)CCOC(C)=O)O[Si](C)(C)CCOC(C)=O)OCC. The van der Waals surface area contributed by atoms with Crippen molar-refractivity contribution in [2.24, 2.45) is 0 Å². The molecule has 0 aliphatic rings. The molecule has 0 saturated carbocycles. The zero-order chi connectivity index (χ0) is 33.5. The summed E-state index contributed by atoms with van der Waals surface area (Å²) in [6, 6.07) is 1.76. The van der Waals surface area contributed by atoms with E-state index in [1.165, 1.54) is 20.8 Å². The standard InChI is InChI=1S/C27H54O12Si4/c1-13-32-26(36-27(31)22(2)3)14-18-43(37-40(7,8)19-15-33-23(4)28,38-41(9,10)20-16-34-24(5)29)39-42(11,12)21-17-35-25(6)30/h26H,2,13-21H2,1,3-12H3. The summed E-state index contributed by atoms with van der Waals surface area (Å²) in [4.78, 5) is 46.7. The Morgan fingerprint density at radius 3 is 1.26 bits per heavy atom. The fourth-order valence-corrected chi connectivity index (χ4v) is 20.4. The van der Waals surface area contributed by atoms with E-state index in [2.05, 4.69) is 6.58 Å². The Kier molecular flexibility index (Phi) is 18.2. The third kappa shape index (κ3) is 20.1. The predicted molar refractivity (Wildman–Crippen MR) is 172 cm³/mol. The minimum Gasteiger partial charge on any atom is -0.466 e. The molecule has 0 aliphatic carbocycles. The van der Waals surface area contributed by atoms with Gasteiger partial charge in [0.05, 0.1) is 19.8 Å². The molecule has 0 aromatic rings. The molecule has 0 spiro atoms. The van der Waals surface area contributed by atoms with Crippen molar-refractivity contribution in [2.45, 2.75) is 111 Å². The summed E-state index contributed by atoms with van der Waals surface area (Å²) in [7, 11) is -11.4. The van der Waals surface area contributed by atoms with Crippen molar-refractivity contribution in [3.05, 3.63) is 12.2 Å². The minimum absolute atomic E-state index is 0.192. The quantitative estimate of drug-likeness (QED) is 0.0490. The van der Waals surface area contributed by atoms with Crippen molar-refractivity contribution >= 4 is 57.6 Å². The number of rotatable bonds is 22. The Bertz CT molecular complexity index is 855. The van der Waals surface area contributed by atoms with Crippen LogP contribution in [0.25, 0.3) is 0 Å². The van der Waals surface area contributed by atoms with Crippen molar-refractivity contribution < 1.29 is 55.2 Å². The molecule has 0 radical (unpaired) electrons. The molecule has 43 heavy (non-hydrogen) atoms. The molecule has 250 valence electrons. The molecule has 0 bridgehead atoms. The highest BCUT2D eigenvalue weighted by Gasteiger charge is 2.52. The second-order valence-electron chi connectivity index (χ2n) is 12.1. The van der Waals surface area contributed by atoms with E-state index in [1.54, 1.807) is 13.8 Å². The summed E-state index contributed by atoms with van der Waals surface area (Å²) < 4.78 is 48.0. The summed E-state index contributed by atoms with van der Waals surface area (Å²) in [6.45, 7) is 24.0. The van der Waals surface area contributed by atoms with E-state index in [4.69, 9.17) is 36.0 Å². The highest BCUT2D eigenvalue weighted by atomic mass is 28.5. The molecular weight excluding hydrogens is 629 g/mol. The Balaban J connectivity index is 6.60. The molecule has 0 rings (SSSR count). The first kappa shape index (κ1) is 41.3. The van der Waals surface area contributed by atoms with Crippen LogP contribution in [0, 0.1) is 0 Å². The molecule has 0 amide bonds. The fraction of sp³-hybridized carbons (Fsp3) is 0.778. The van der Waals surface area contributed by atoms with Gasteiger partial charge in [0.15, 0.2) is 25.0 Å². The molecule has 12 nitrogen and oxygen atoms in total. The van der Waals surface area contributed by atoms with E-state index in [-0.39, 0.29) is 55.8 Å². The predicted octanol–water partition coefficient (Wildman–Crippen LogP) is 5.15. The maximum Gasteiger partial charge on any atom is 0.469 e. The van der Waals surface area contributed by atoms with Gasteiger partial charge < -0.3 is 36.0 Å². The normalized spacial score (nSPS) is 13.2. The third-order valence-corrected chi connectivity index (χ3v) is 21.4. The summed E-state index contributed by atoms with van der Waals surface area (Å²) >= 11 is 0. The van der Waals surface area contributed by atoms with E-state index in [0.717, 1.165) is 0 Å². The van der Waals surface area contributed by atoms with E-state index in [0.29, 0.717) is 24.7 Å². The number of ether oxygens (including phenoxy) is 5. The van der Waals surface area contributed by atoms with Crippen molar-refractivity contribution in [3.8, 4) is 0 Å². The highest BCUT2D eigenvalue weighted by Crippen LogP contribution is 2.34. The number of hydrogen-bond acceptors (Lipinski definition) is 12. The van der Waals surface area contributed by atoms with Gasteiger partial charge in [0.1, 0.15) is 0 Å². The van der Waals surface area contributed by atoms with Crippen LogP contribution in [-0.2, 0) is 55.2 Å². The Hall–Kier alpha value is -1.67. The average molecular weight is 683 g/mol. The van der Waals surface area contributed by atoms with Gasteiger partial charge in [-0.25, -0.2) is 4.79 Å². The lowest BCUT2D eigenvalue weighted by atomic mass is 10.3. The Morgan fingerprint density at radius 2 is 0.977 bits per heavy atom. The molecule has 0 aliphatic heterocycles. The first-order valence-corrected chi connectivity index (χ1v) is 25.9. The van der Waals surface area contributed by atoms with Crippen molar-refractivity contribution in [1.82, 2.24) is 0 Å². The maximum atomic E-state index is 12.4. The first-order chi connectivity index (χ1) is 19.6. The van der Waals surface area contributed by atoms with E-state index in [9.17, 15) is 19.2 Å². The molecule has 16 heteroatoms. The van der Waals surface area contributed by atoms with Gasteiger partial charge in [0.2, 0.25) is 6.29 Å². The fourth-order valence-electron chi connectivity index (χ4n) is 3.83. The van der Waals surface area contributed by atoms with E-state index >= 15 is 0 Å². The second-order valence-corrected chi connectivity index (χ2v) is 28.5. The van der Waals surface area contributed by atoms with Crippen molar-refractivity contribution in [1.29, 1.82) is 0 Å².